The molecule has 4 heterocycles. The van der Waals surface area contributed by atoms with Gasteiger partial charge in [0.2, 0.25) is 16.7 Å². The molecule has 0 saturated carbocycles. The average Bonchev–Trinajstić information content (AvgIpc) is 3.35. The average molecular weight is 393 g/mol. The van der Waals surface area contributed by atoms with Gasteiger partial charge in [0.25, 0.3) is 0 Å². The number of hydrogen-bond acceptors (Lipinski definition) is 6. The molecule has 0 aromatic carbocycles. The molecule has 0 spiro atoms. The third kappa shape index (κ3) is 3.00. The van der Waals surface area contributed by atoms with E-state index in [1.165, 1.54) is 21.1 Å². The summed E-state index contributed by atoms with van der Waals surface area (Å²) in [5.74, 6) is 1.07. The minimum absolute atomic E-state index is 0.0442. The fourth-order valence-corrected chi connectivity index (χ4v) is 5.61. The van der Waals surface area contributed by atoms with Crippen LogP contribution in [0.5, 0.6) is 5.88 Å². The Hall–Kier alpha value is -1.97. The number of aromatic nitrogens is 3. The quantitative estimate of drug-likeness (QED) is 0.693. The molecule has 1 atom stereocenters. The van der Waals surface area contributed by atoms with Gasteiger partial charge >= 0.3 is 0 Å². The number of thiazole rings is 1. The summed E-state index contributed by atoms with van der Waals surface area (Å²) >= 11 is 3.21. The van der Waals surface area contributed by atoms with Crippen LogP contribution in [0.1, 0.15) is 35.5 Å². The summed E-state index contributed by atoms with van der Waals surface area (Å²) in [6.45, 7) is 6.83. The Labute approximate surface area is 159 Å². The van der Waals surface area contributed by atoms with E-state index in [4.69, 9.17) is 0 Å². The van der Waals surface area contributed by atoms with Gasteiger partial charge in [-0.2, -0.15) is 4.52 Å². The van der Waals surface area contributed by atoms with E-state index in [1.807, 2.05) is 17.9 Å². The number of carbonyl (C=O) groups is 1. The van der Waals surface area contributed by atoms with Gasteiger partial charge in [0.1, 0.15) is 4.88 Å². The monoisotopic (exact) mass is 392 g/mol. The number of nitrogens with zero attached hydrogens (tertiary/aromatic N) is 4. The van der Waals surface area contributed by atoms with Gasteiger partial charge in [-0.15, -0.1) is 16.4 Å². The van der Waals surface area contributed by atoms with Crippen molar-refractivity contribution in [1.82, 2.24) is 19.5 Å². The normalized spacial score (nSPS) is 17.1. The Morgan fingerprint density at radius 3 is 2.77 bits per heavy atom. The SMILES string of the molecule is CCc1nc2sc([C@@H](c3cccs3)[NH+]3CCN(C(C)=O)CC3)c(O)n2n1. The van der Waals surface area contributed by atoms with Crippen LogP contribution in [0.3, 0.4) is 0 Å². The number of rotatable bonds is 4. The van der Waals surface area contributed by atoms with Gasteiger partial charge in [-0.25, -0.2) is 4.98 Å². The molecule has 3 aromatic rings. The van der Waals surface area contributed by atoms with Crippen molar-refractivity contribution in [3.8, 4) is 5.88 Å². The van der Waals surface area contributed by atoms with E-state index in [2.05, 4.69) is 21.5 Å². The third-order valence-electron chi connectivity index (χ3n) is 4.91. The summed E-state index contributed by atoms with van der Waals surface area (Å²) in [5, 5.41) is 17.3. The van der Waals surface area contributed by atoms with Crippen molar-refractivity contribution < 1.29 is 14.8 Å². The number of quaternary nitrogens is 1. The van der Waals surface area contributed by atoms with E-state index in [0.717, 1.165) is 48.3 Å². The third-order valence-corrected chi connectivity index (χ3v) is 6.93. The number of piperazine rings is 1. The first-order valence-corrected chi connectivity index (χ1v) is 10.5. The Balaban J connectivity index is 1.70. The molecule has 1 saturated heterocycles. The topological polar surface area (TPSA) is 75.2 Å². The number of carbonyl (C=O) groups excluding carboxylic acids is 1. The van der Waals surface area contributed by atoms with E-state index in [-0.39, 0.29) is 17.8 Å². The van der Waals surface area contributed by atoms with E-state index in [9.17, 15) is 9.90 Å². The smallest absolute Gasteiger partial charge is 0.235 e. The van der Waals surface area contributed by atoms with Gasteiger partial charge in [0.15, 0.2) is 11.9 Å². The molecule has 9 heteroatoms. The molecule has 7 nitrogen and oxygen atoms in total. The number of nitrogens with one attached hydrogen (secondary N) is 1. The molecule has 1 amide bonds. The largest absolute Gasteiger partial charge is 0.492 e. The zero-order valence-corrected chi connectivity index (χ0v) is 16.4. The number of fused-ring (bicyclic) bond motifs is 1. The lowest BCUT2D eigenvalue weighted by Crippen LogP contribution is -3.15. The first-order chi connectivity index (χ1) is 12.6. The number of aryl methyl sites for hydroxylation is 1. The molecule has 0 bridgehead atoms. The molecule has 1 aliphatic heterocycles. The van der Waals surface area contributed by atoms with Crippen molar-refractivity contribution in [3.05, 3.63) is 33.1 Å². The summed E-state index contributed by atoms with van der Waals surface area (Å²) in [7, 11) is 0. The lowest BCUT2D eigenvalue weighted by Gasteiger charge is -2.35. The van der Waals surface area contributed by atoms with Crippen LogP contribution < -0.4 is 4.90 Å². The Kier molecular flexibility index (Phi) is 4.68. The van der Waals surface area contributed by atoms with Gasteiger partial charge < -0.3 is 14.9 Å². The van der Waals surface area contributed by atoms with Crippen molar-refractivity contribution >= 4 is 33.5 Å². The van der Waals surface area contributed by atoms with Crippen molar-refractivity contribution in [2.24, 2.45) is 0 Å². The minimum atomic E-state index is 0.0442. The lowest BCUT2D eigenvalue weighted by atomic mass is 10.1. The molecule has 1 fully saturated rings. The highest BCUT2D eigenvalue weighted by Gasteiger charge is 2.35. The van der Waals surface area contributed by atoms with Crippen LogP contribution in [-0.2, 0) is 11.2 Å². The molecule has 0 radical (unpaired) electrons. The minimum Gasteiger partial charge on any atom is -0.492 e. The van der Waals surface area contributed by atoms with Gasteiger partial charge in [-0.3, -0.25) is 4.79 Å². The summed E-state index contributed by atoms with van der Waals surface area (Å²) < 4.78 is 1.56. The van der Waals surface area contributed by atoms with Crippen LogP contribution >= 0.6 is 22.7 Å². The van der Waals surface area contributed by atoms with Crippen LogP contribution in [0.2, 0.25) is 0 Å². The number of thiophene rings is 1. The molecule has 0 unspecified atom stereocenters. The van der Waals surface area contributed by atoms with Crippen LogP contribution in [0.4, 0.5) is 0 Å². The summed E-state index contributed by atoms with van der Waals surface area (Å²) in [4.78, 5) is 22.2. The molecule has 2 N–H and O–H groups in total. The van der Waals surface area contributed by atoms with Crippen molar-refractivity contribution in [3.63, 3.8) is 0 Å². The fraction of sp³-hybridized carbons (Fsp3) is 0.471. The number of amides is 1. The van der Waals surface area contributed by atoms with Crippen molar-refractivity contribution in [2.45, 2.75) is 26.3 Å². The molecule has 1 aliphatic rings. The predicted octanol–water partition coefficient (Wildman–Crippen LogP) is 0.957. The lowest BCUT2D eigenvalue weighted by molar-refractivity contribution is -0.928. The highest BCUT2D eigenvalue weighted by molar-refractivity contribution is 7.17. The maximum absolute atomic E-state index is 11.6. The summed E-state index contributed by atoms with van der Waals surface area (Å²) in [6, 6.07) is 4.20. The highest BCUT2D eigenvalue weighted by Crippen LogP contribution is 2.36. The van der Waals surface area contributed by atoms with Crippen LogP contribution in [0.15, 0.2) is 17.5 Å². The molecule has 0 aliphatic carbocycles. The van der Waals surface area contributed by atoms with Gasteiger partial charge in [0.05, 0.1) is 31.1 Å². The molecule has 3 aromatic heterocycles. The first kappa shape index (κ1) is 17.4. The second-order valence-electron chi connectivity index (χ2n) is 6.48. The number of aromatic hydroxyl groups is 1. The maximum Gasteiger partial charge on any atom is 0.235 e. The molecular formula is C17H22N5O2S2+. The number of hydrogen-bond donors (Lipinski definition) is 2. The zero-order valence-electron chi connectivity index (χ0n) is 14.8. The predicted molar refractivity (Wildman–Crippen MR) is 101 cm³/mol. The van der Waals surface area contributed by atoms with Gasteiger partial charge in [0, 0.05) is 13.3 Å². The van der Waals surface area contributed by atoms with E-state index in [0.29, 0.717) is 0 Å². The first-order valence-electron chi connectivity index (χ1n) is 8.79. The van der Waals surface area contributed by atoms with Gasteiger partial charge in [-0.1, -0.05) is 24.3 Å². The Morgan fingerprint density at radius 1 is 1.42 bits per heavy atom. The van der Waals surface area contributed by atoms with Crippen LogP contribution in [0.25, 0.3) is 4.96 Å². The second-order valence-corrected chi connectivity index (χ2v) is 8.47. The second kappa shape index (κ2) is 6.98. The Bertz CT molecular complexity index is 909. The van der Waals surface area contributed by atoms with E-state index >= 15 is 0 Å². The van der Waals surface area contributed by atoms with Crippen molar-refractivity contribution in [1.29, 1.82) is 0 Å². The van der Waals surface area contributed by atoms with E-state index < -0.39 is 0 Å². The van der Waals surface area contributed by atoms with Crippen LogP contribution in [0, 0.1) is 0 Å². The molecule has 138 valence electrons. The molecular weight excluding hydrogens is 370 g/mol. The molecule has 4 rings (SSSR count). The maximum atomic E-state index is 11.6. The summed E-state index contributed by atoms with van der Waals surface area (Å²) in [5.41, 5.74) is 0. The standard InChI is InChI=1S/C17H21N5O2S2/c1-3-13-18-17-22(19-13)16(24)15(26-17)14(12-5-4-10-25-12)21-8-6-20(7-9-21)11(2)23/h4-5,10,14,24H,3,6-9H2,1-2H3/p+1/t14-/m1/s1. The van der Waals surface area contributed by atoms with Crippen LogP contribution in [-0.4, -0.2) is 56.7 Å². The van der Waals surface area contributed by atoms with Gasteiger partial charge in [-0.05, 0) is 11.4 Å². The van der Waals surface area contributed by atoms with E-state index in [1.54, 1.807) is 22.8 Å². The summed E-state index contributed by atoms with van der Waals surface area (Å²) in [6.07, 6.45) is 0.746. The molecule has 26 heavy (non-hydrogen) atoms. The van der Waals surface area contributed by atoms with Crippen molar-refractivity contribution in [2.75, 3.05) is 26.2 Å². The zero-order chi connectivity index (χ0) is 18.3. The highest BCUT2D eigenvalue weighted by atomic mass is 32.1. The fourth-order valence-electron chi connectivity index (χ4n) is 3.50. The Morgan fingerprint density at radius 2 is 2.19 bits per heavy atom.